The first kappa shape index (κ1) is 22.1. The highest BCUT2D eigenvalue weighted by molar-refractivity contribution is 5.85. The molecule has 2 rings (SSSR count). The fourth-order valence-electron chi connectivity index (χ4n) is 2.27. The van der Waals surface area contributed by atoms with Crippen LogP contribution in [0.4, 0.5) is 4.39 Å². The van der Waals surface area contributed by atoms with Gasteiger partial charge in [0.1, 0.15) is 5.82 Å². The fourth-order valence-corrected chi connectivity index (χ4v) is 2.27. The van der Waals surface area contributed by atoms with E-state index in [1.54, 1.807) is 12.1 Å². The number of amides is 1. The quantitative estimate of drug-likeness (QED) is 0.743. The largest absolute Gasteiger partial charge is 0.353 e. The van der Waals surface area contributed by atoms with Crippen molar-refractivity contribution in [3.05, 3.63) is 35.6 Å². The lowest BCUT2D eigenvalue weighted by Gasteiger charge is -2.25. The van der Waals surface area contributed by atoms with Gasteiger partial charge in [-0.3, -0.25) is 4.79 Å². The summed E-state index contributed by atoms with van der Waals surface area (Å²) in [5.74, 6) is 0.528. The molecular formula is C16H26Cl2FN3O. The summed E-state index contributed by atoms with van der Waals surface area (Å²) >= 11 is 0. The molecule has 7 heteroatoms. The first-order chi connectivity index (χ1) is 10.1. The van der Waals surface area contributed by atoms with Crippen molar-refractivity contribution in [2.24, 2.45) is 5.92 Å². The molecule has 0 heterocycles. The molecule has 1 fully saturated rings. The molecule has 1 atom stereocenters. The Balaban J connectivity index is 0.00000242. The summed E-state index contributed by atoms with van der Waals surface area (Å²) in [5.41, 5.74) is 0.993. The molecule has 1 aromatic rings. The highest BCUT2D eigenvalue weighted by Gasteiger charge is 2.21. The number of hydrogen-bond donors (Lipinski definition) is 2. The lowest BCUT2D eigenvalue weighted by Crippen LogP contribution is -2.39. The third-order valence-corrected chi connectivity index (χ3v) is 3.79. The minimum absolute atomic E-state index is 0. The monoisotopic (exact) mass is 365 g/mol. The Hall–Kier alpha value is -0.880. The molecular weight excluding hydrogens is 340 g/mol. The minimum Gasteiger partial charge on any atom is -0.353 e. The maximum atomic E-state index is 13.0. The van der Waals surface area contributed by atoms with E-state index in [9.17, 15) is 9.18 Å². The van der Waals surface area contributed by atoms with E-state index in [1.165, 1.54) is 25.0 Å². The molecule has 1 saturated carbocycles. The molecule has 0 spiro atoms. The third-order valence-electron chi connectivity index (χ3n) is 3.79. The van der Waals surface area contributed by atoms with Gasteiger partial charge in [-0.1, -0.05) is 12.1 Å². The molecule has 2 N–H and O–H groups in total. The van der Waals surface area contributed by atoms with Gasteiger partial charge in [-0.25, -0.2) is 4.39 Å². The predicted molar refractivity (Wildman–Crippen MR) is 95.9 cm³/mol. The average Bonchev–Trinajstić information content (AvgIpc) is 3.25. The second kappa shape index (κ2) is 10.8. The van der Waals surface area contributed by atoms with Crippen LogP contribution < -0.4 is 10.6 Å². The Bertz CT molecular complexity index is 467. The van der Waals surface area contributed by atoms with Crippen LogP contribution in [-0.4, -0.2) is 44.5 Å². The van der Waals surface area contributed by atoms with Gasteiger partial charge >= 0.3 is 0 Å². The fraction of sp³-hybridized carbons (Fsp3) is 0.562. The van der Waals surface area contributed by atoms with Gasteiger partial charge in [0.2, 0.25) is 5.91 Å². The van der Waals surface area contributed by atoms with Crippen LogP contribution in [0.1, 0.15) is 24.4 Å². The molecule has 4 nitrogen and oxygen atoms in total. The zero-order valence-electron chi connectivity index (χ0n) is 13.5. The van der Waals surface area contributed by atoms with Crippen molar-refractivity contribution in [3.63, 3.8) is 0 Å². The number of nitrogens with zero attached hydrogens (tertiary/aromatic N) is 1. The number of carbonyl (C=O) groups excluding carboxylic acids is 1. The number of rotatable bonds is 8. The van der Waals surface area contributed by atoms with Crippen molar-refractivity contribution in [3.8, 4) is 0 Å². The van der Waals surface area contributed by atoms with Crippen LogP contribution in [0, 0.1) is 11.7 Å². The summed E-state index contributed by atoms with van der Waals surface area (Å²) in [6, 6.07) is 6.46. The maximum absolute atomic E-state index is 13.0. The molecule has 0 bridgehead atoms. The van der Waals surface area contributed by atoms with Gasteiger partial charge in [0.25, 0.3) is 0 Å². The van der Waals surface area contributed by atoms with Crippen LogP contribution in [0.5, 0.6) is 0 Å². The lowest BCUT2D eigenvalue weighted by molar-refractivity contribution is -0.120. The van der Waals surface area contributed by atoms with Crippen molar-refractivity contribution in [1.82, 2.24) is 15.5 Å². The van der Waals surface area contributed by atoms with Crippen molar-refractivity contribution in [1.29, 1.82) is 0 Å². The molecule has 0 radical (unpaired) electrons. The Morgan fingerprint density at radius 1 is 1.26 bits per heavy atom. The lowest BCUT2D eigenvalue weighted by atomic mass is 10.1. The van der Waals surface area contributed by atoms with Gasteiger partial charge in [0, 0.05) is 6.54 Å². The second-order valence-corrected chi connectivity index (χ2v) is 5.91. The van der Waals surface area contributed by atoms with Gasteiger partial charge in [-0.2, -0.15) is 0 Å². The topological polar surface area (TPSA) is 44.4 Å². The van der Waals surface area contributed by atoms with E-state index in [0.717, 1.165) is 18.0 Å². The predicted octanol–water partition coefficient (Wildman–Crippen LogP) is 2.39. The number of halogens is 3. The maximum Gasteiger partial charge on any atom is 0.234 e. The van der Waals surface area contributed by atoms with Crippen molar-refractivity contribution < 1.29 is 9.18 Å². The molecule has 1 unspecified atom stereocenters. The summed E-state index contributed by atoms with van der Waals surface area (Å²) in [6.07, 6.45) is 2.56. The van der Waals surface area contributed by atoms with Crippen molar-refractivity contribution >= 4 is 30.7 Å². The van der Waals surface area contributed by atoms with Crippen LogP contribution in [-0.2, 0) is 4.79 Å². The van der Waals surface area contributed by atoms with Gasteiger partial charge in [0.15, 0.2) is 0 Å². The first-order valence-corrected chi connectivity index (χ1v) is 7.45. The zero-order chi connectivity index (χ0) is 15.2. The van der Waals surface area contributed by atoms with Crippen LogP contribution in [0.25, 0.3) is 0 Å². The van der Waals surface area contributed by atoms with E-state index >= 15 is 0 Å². The number of nitrogens with one attached hydrogen (secondary N) is 2. The third kappa shape index (κ3) is 7.97. The molecule has 1 aliphatic rings. The van der Waals surface area contributed by atoms with E-state index in [-0.39, 0.29) is 42.6 Å². The van der Waals surface area contributed by atoms with Gasteiger partial charge in [-0.05, 0) is 57.1 Å². The van der Waals surface area contributed by atoms with Crippen molar-refractivity contribution in [2.75, 3.05) is 33.7 Å². The first-order valence-electron chi connectivity index (χ1n) is 7.45. The van der Waals surface area contributed by atoms with Crippen LogP contribution in [0.3, 0.4) is 0 Å². The number of likely N-dealkylation sites (N-methyl/N-ethyl adjacent to an activating group) is 1. The standard InChI is InChI=1S/C16H24FN3O.2ClH/c1-20(2)15(13-5-7-14(17)8-6-13)10-19-16(21)11-18-9-12-3-4-12;;/h5-8,12,15,18H,3-4,9-11H2,1-2H3,(H,19,21);2*1H. The highest BCUT2D eigenvalue weighted by Crippen LogP contribution is 2.27. The minimum atomic E-state index is -0.246. The smallest absolute Gasteiger partial charge is 0.234 e. The van der Waals surface area contributed by atoms with E-state index < -0.39 is 0 Å². The molecule has 0 aromatic heterocycles. The summed E-state index contributed by atoms with van der Waals surface area (Å²) in [6.45, 7) is 1.81. The van der Waals surface area contributed by atoms with E-state index in [2.05, 4.69) is 10.6 Å². The molecule has 1 aromatic carbocycles. The second-order valence-electron chi connectivity index (χ2n) is 5.91. The van der Waals surface area contributed by atoms with E-state index in [4.69, 9.17) is 0 Å². The van der Waals surface area contributed by atoms with Gasteiger partial charge < -0.3 is 15.5 Å². The van der Waals surface area contributed by atoms with E-state index in [1.807, 2.05) is 19.0 Å². The summed E-state index contributed by atoms with van der Waals surface area (Å²) in [5, 5.41) is 6.11. The highest BCUT2D eigenvalue weighted by atomic mass is 35.5. The van der Waals surface area contributed by atoms with Crippen LogP contribution >= 0.6 is 24.8 Å². The number of carbonyl (C=O) groups is 1. The number of benzene rings is 1. The Morgan fingerprint density at radius 3 is 2.39 bits per heavy atom. The van der Waals surface area contributed by atoms with Gasteiger partial charge in [0.05, 0.1) is 12.6 Å². The molecule has 0 aliphatic heterocycles. The van der Waals surface area contributed by atoms with E-state index in [0.29, 0.717) is 13.1 Å². The van der Waals surface area contributed by atoms with Crippen LogP contribution in [0.15, 0.2) is 24.3 Å². The summed E-state index contributed by atoms with van der Waals surface area (Å²) < 4.78 is 13.0. The summed E-state index contributed by atoms with van der Waals surface area (Å²) in [4.78, 5) is 13.8. The number of hydrogen-bond acceptors (Lipinski definition) is 3. The Labute approximate surface area is 150 Å². The molecule has 132 valence electrons. The molecule has 1 aliphatic carbocycles. The molecule has 23 heavy (non-hydrogen) atoms. The Morgan fingerprint density at radius 2 is 1.87 bits per heavy atom. The van der Waals surface area contributed by atoms with Crippen molar-refractivity contribution in [2.45, 2.75) is 18.9 Å². The summed E-state index contributed by atoms with van der Waals surface area (Å²) in [7, 11) is 3.90. The van der Waals surface area contributed by atoms with Crippen LogP contribution in [0.2, 0.25) is 0 Å². The Kier molecular flexibility index (Phi) is 10.4. The normalized spacial score (nSPS) is 14.6. The zero-order valence-corrected chi connectivity index (χ0v) is 15.2. The average molecular weight is 366 g/mol. The SMILES string of the molecule is CN(C)C(CNC(=O)CNCC1CC1)c1ccc(F)cc1.Cl.Cl. The van der Waals surface area contributed by atoms with Gasteiger partial charge in [-0.15, -0.1) is 24.8 Å². The molecule has 1 amide bonds. The molecule has 0 saturated heterocycles.